The Balaban J connectivity index is 2.43. The van der Waals surface area contributed by atoms with E-state index >= 15 is 0 Å². The molecule has 5 nitrogen and oxygen atoms in total. The van der Waals surface area contributed by atoms with Crippen LogP contribution in [-0.2, 0) is 9.59 Å². The van der Waals surface area contributed by atoms with Crippen molar-refractivity contribution < 1.29 is 9.59 Å². The largest absolute Gasteiger partial charge is 0.273 e. The Morgan fingerprint density at radius 2 is 2.25 bits per heavy atom. The molecule has 2 rings (SSSR count). The minimum absolute atomic E-state index is 0.163. The van der Waals surface area contributed by atoms with Gasteiger partial charge in [-0.05, 0) is 6.08 Å². The smallest absolute Gasteiger partial charge is 0.258 e. The first-order valence-electron chi connectivity index (χ1n) is 3.42. The predicted octanol–water partition coefficient (Wildman–Crippen LogP) is -0.301. The summed E-state index contributed by atoms with van der Waals surface area (Å²) in [6.45, 7) is 0. The van der Waals surface area contributed by atoms with Gasteiger partial charge in [0.15, 0.2) is 0 Å². The maximum absolute atomic E-state index is 11.1. The molecule has 2 heterocycles. The molecule has 5 heteroatoms. The van der Waals surface area contributed by atoms with Gasteiger partial charge in [-0.3, -0.25) is 14.5 Å². The van der Waals surface area contributed by atoms with Crippen LogP contribution < -0.4 is 0 Å². The number of hydrogen-bond acceptors (Lipinski definition) is 3. The van der Waals surface area contributed by atoms with E-state index in [9.17, 15) is 9.59 Å². The van der Waals surface area contributed by atoms with Gasteiger partial charge in [-0.1, -0.05) is 0 Å². The predicted molar refractivity (Wildman–Crippen MR) is 41.5 cm³/mol. The Bertz CT molecular complexity index is 341. The Kier molecular flexibility index (Phi) is 1.36. The van der Waals surface area contributed by atoms with E-state index in [2.05, 4.69) is 9.98 Å². The highest BCUT2D eigenvalue weighted by molar-refractivity contribution is 6.16. The first-order chi connectivity index (χ1) is 5.77. The fraction of sp³-hybridized carbons (Fsp3) is 0.143. The number of aliphatic imine (C=N–C) groups is 2. The van der Waals surface area contributed by atoms with Crippen LogP contribution in [0.15, 0.2) is 22.3 Å². The van der Waals surface area contributed by atoms with Crippen molar-refractivity contribution in [3.8, 4) is 0 Å². The van der Waals surface area contributed by atoms with E-state index in [0.29, 0.717) is 0 Å². The molecule has 0 atom stereocenters. The van der Waals surface area contributed by atoms with Crippen LogP contribution in [-0.4, -0.2) is 28.9 Å². The molecule has 2 aliphatic heterocycles. The van der Waals surface area contributed by atoms with Crippen molar-refractivity contribution in [2.24, 2.45) is 9.98 Å². The van der Waals surface area contributed by atoms with Crippen LogP contribution in [0.5, 0.6) is 0 Å². The van der Waals surface area contributed by atoms with Gasteiger partial charge in [0.1, 0.15) is 6.42 Å². The van der Waals surface area contributed by atoms with Crippen molar-refractivity contribution in [3.05, 3.63) is 12.3 Å². The van der Waals surface area contributed by atoms with Gasteiger partial charge in [-0.25, -0.2) is 4.99 Å². The summed E-state index contributed by atoms with van der Waals surface area (Å²) in [6, 6.07) is 0. The van der Waals surface area contributed by atoms with Crippen molar-refractivity contribution in [2.45, 2.75) is 6.42 Å². The van der Waals surface area contributed by atoms with Gasteiger partial charge in [0.05, 0.1) is 0 Å². The average molecular weight is 163 g/mol. The van der Waals surface area contributed by atoms with Gasteiger partial charge in [0.25, 0.3) is 5.91 Å². The number of fused-ring (bicyclic) bond motifs is 1. The highest BCUT2D eigenvalue weighted by Crippen LogP contribution is 2.09. The van der Waals surface area contributed by atoms with Gasteiger partial charge in [-0.15, -0.1) is 0 Å². The Morgan fingerprint density at radius 1 is 1.42 bits per heavy atom. The van der Waals surface area contributed by atoms with E-state index in [1.165, 1.54) is 11.1 Å². The van der Waals surface area contributed by atoms with Crippen molar-refractivity contribution in [1.29, 1.82) is 0 Å². The molecule has 0 aromatic heterocycles. The normalized spacial score (nSPS) is 21.0. The molecular formula is C7H5N3O2. The zero-order valence-electron chi connectivity index (χ0n) is 6.10. The lowest BCUT2D eigenvalue weighted by Gasteiger charge is -2.21. The lowest BCUT2D eigenvalue weighted by atomic mass is 10.3. The summed E-state index contributed by atoms with van der Waals surface area (Å²) in [5.41, 5.74) is 0. The van der Waals surface area contributed by atoms with Gasteiger partial charge in [0.2, 0.25) is 11.9 Å². The summed E-state index contributed by atoms with van der Waals surface area (Å²) in [7, 11) is 0. The van der Waals surface area contributed by atoms with E-state index in [1.54, 1.807) is 12.3 Å². The molecule has 2 aliphatic rings. The third kappa shape index (κ3) is 0.952. The van der Waals surface area contributed by atoms with E-state index in [-0.39, 0.29) is 18.3 Å². The number of rotatable bonds is 0. The molecule has 0 bridgehead atoms. The lowest BCUT2D eigenvalue weighted by Crippen LogP contribution is -2.38. The van der Waals surface area contributed by atoms with Crippen LogP contribution in [0.3, 0.4) is 0 Å². The van der Waals surface area contributed by atoms with Crippen molar-refractivity contribution >= 4 is 24.0 Å². The maximum atomic E-state index is 11.1. The van der Waals surface area contributed by atoms with Crippen LogP contribution in [0.25, 0.3) is 0 Å². The molecule has 0 aromatic carbocycles. The molecule has 0 saturated carbocycles. The first-order valence-corrected chi connectivity index (χ1v) is 3.42. The molecule has 12 heavy (non-hydrogen) atoms. The molecule has 0 spiro atoms. The highest BCUT2D eigenvalue weighted by atomic mass is 16.2. The molecule has 0 N–H and O–H groups in total. The van der Waals surface area contributed by atoms with Crippen LogP contribution in [0.4, 0.5) is 0 Å². The fourth-order valence-corrected chi connectivity index (χ4v) is 1.01. The maximum Gasteiger partial charge on any atom is 0.258 e. The summed E-state index contributed by atoms with van der Waals surface area (Å²) in [5, 5.41) is 0. The minimum Gasteiger partial charge on any atom is -0.273 e. The van der Waals surface area contributed by atoms with Crippen LogP contribution in [0.1, 0.15) is 6.42 Å². The second kappa shape index (κ2) is 2.37. The lowest BCUT2D eigenvalue weighted by molar-refractivity contribution is -0.131. The summed E-state index contributed by atoms with van der Waals surface area (Å²) in [6.07, 6.45) is 4.48. The zero-order chi connectivity index (χ0) is 8.55. The summed E-state index contributed by atoms with van der Waals surface area (Å²) in [5.74, 6) is -0.546. The van der Waals surface area contributed by atoms with Gasteiger partial charge in [-0.2, -0.15) is 4.99 Å². The zero-order valence-corrected chi connectivity index (χ0v) is 6.10. The van der Waals surface area contributed by atoms with Gasteiger partial charge < -0.3 is 0 Å². The number of hydrogen-bond donors (Lipinski definition) is 0. The number of carbonyl (C=O) groups is 2. The van der Waals surface area contributed by atoms with Crippen molar-refractivity contribution in [1.82, 2.24) is 4.90 Å². The number of amides is 2. The molecule has 0 saturated heterocycles. The molecule has 0 radical (unpaired) electrons. The summed E-state index contributed by atoms with van der Waals surface area (Å²) >= 11 is 0. The van der Waals surface area contributed by atoms with Crippen molar-refractivity contribution in [3.63, 3.8) is 0 Å². The van der Waals surface area contributed by atoms with E-state index in [4.69, 9.17) is 0 Å². The Labute approximate surface area is 68.1 Å². The number of carbonyl (C=O) groups excluding carboxylic acids is 2. The Hall–Kier alpha value is -1.78. The monoisotopic (exact) mass is 163 g/mol. The molecule has 0 aliphatic carbocycles. The number of nitrogens with zero attached hydrogens (tertiary/aromatic N) is 3. The number of guanidine groups is 1. The second-order valence-corrected chi connectivity index (χ2v) is 2.37. The van der Waals surface area contributed by atoms with E-state index in [0.717, 1.165) is 0 Å². The third-order valence-corrected chi connectivity index (χ3v) is 1.52. The van der Waals surface area contributed by atoms with Crippen LogP contribution in [0.2, 0.25) is 0 Å². The molecular weight excluding hydrogens is 158 g/mol. The summed E-state index contributed by atoms with van der Waals surface area (Å²) in [4.78, 5) is 30.6. The van der Waals surface area contributed by atoms with Crippen LogP contribution in [0, 0.1) is 0 Å². The topological polar surface area (TPSA) is 62.1 Å². The third-order valence-electron chi connectivity index (χ3n) is 1.52. The molecule has 0 unspecified atom stereocenters. The molecule has 60 valence electrons. The Morgan fingerprint density at radius 3 is 3.08 bits per heavy atom. The molecule has 0 aromatic rings. The van der Waals surface area contributed by atoms with Gasteiger partial charge in [0, 0.05) is 12.4 Å². The van der Waals surface area contributed by atoms with E-state index in [1.807, 2.05) is 0 Å². The highest BCUT2D eigenvalue weighted by Gasteiger charge is 2.26. The van der Waals surface area contributed by atoms with Crippen molar-refractivity contribution in [2.75, 3.05) is 0 Å². The standard InChI is InChI=1S/C7H5N3O2/c11-5-4-6(12)10-3-1-2-8-7(10)9-5/h1-3H,4H2. The minimum atomic E-state index is -0.432. The van der Waals surface area contributed by atoms with Crippen LogP contribution >= 0.6 is 0 Å². The quantitative estimate of drug-likeness (QED) is 0.460. The number of allylic oxidation sites excluding steroid dienone is 1. The first kappa shape index (κ1) is 6.90. The molecule has 0 fully saturated rings. The molecule has 2 amide bonds. The SMILES string of the molecule is O=C1CC(=O)N2C=CC=NC2=N1. The summed E-state index contributed by atoms with van der Waals surface area (Å²) < 4.78 is 0. The average Bonchev–Trinajstić information content (AvgIpc) is 2.04. The fourth-order valence-electron chi connectivity index (χ4n) is 1.01. The van der Waals surface area contributed by atoms with Gasteiger partial charge >= 0.3 is 0 Å². The second-order valence-electron chi connectivity index (χ2n) is 2.37. The van der Waals surface area contributed by atoms with E-state index < -0.39 is 5.91 Å².